The van der Waals surface area contributed by atoms with E-state index in [2.05, 4.69) is 22.5 Å². The lowest BCUT2D eigenvalue weighted by Crippen LogP contribution is -2.05. The normalized spacial score (nSPS) is 10.1. The molecule has 0 unspecified atom stereocenters. The maximum atomic E-state index is 5.65. The Morgan fingerprint density at radius 2 is 2.18 bits per heavy atom. The van der Waals surface area contributed by atoms with Crippen LogP contribution in [0.25, 0.3) is 0 Å². The molecule has 0 spiro atoms. The second kappa shape index (κ2) is 6.67. The number of ether oxygens (including phenoxy) is 2. The fourth-order valence-electron chi connectivity index (χ4n) is 1.42. The van der Waals surface area contributed by atoms with Crippen molar-refractivity contribution in [2.75, 3.05) is 20.3 Å². The van der Waals surface area contributed by atoms with Crippen molar-refractivity contribution in [2.45, 2.75) is 13.3 Å². The molecule has 17 heavy (non-hydrogen) atoms. The van der Waals surface area contributed by atoms with Crippen molar-refractivity contribution in [3.05, 3.63) is 34.3 Å². The third-order valence-electron chi connectivity index (χ3n) is 2.19. The average molecular weight is 300 g/mol. The number of methoxy groups -OCH3 is 1. The van der Waals surface area contributed by atoms with E-state index in [9.17, 15) is 0 Å². The summed E-state index contributed by atoms with van der Waals surface area (Å²) in [5, 5.41) is 0. The van der Waals surface area contributed by atoms with Gasteiger partial charge < -0.3 is 15.2 Å². The quantitative estimate of drug-likeness (QED) is 0.822. The van der Waals surface area contributed by atoms with E-state index in [-0.39, 0.29) is 0 Å². The molecule has 4 heteroatoms. The monoisotopic (exact) mass is 299 g/mol. The number of nitrogens with two attached hydrogens (primary N) is 1. The van der Waals surface area contributed by atoms with Gasteiger partial charge in [-0.1, -0.05) is 6.58 Å². The molecule has 1 aromatic rings. The second-order valence-corrected chi connectivity index (χ2v) is 4.75. The van der Waals surface area contributed by atoms with E-state index < -0.39 is 0 Å². The van der Waals surface area contributed by atoms with Crippen LogP contribution in [-0.4, -0.2) is 20.3 Å². The third kappa shape index (κ3) is 4.06. The molecule has 0 heterocycles. The highest BCUT2D eigenvalue weighted by molar-refractivity contribution is 9.10. The fraction of sp³-hybridized carbons (Fsp3) is 0.385. The molecule has 0 saturated heterocycles. The zero-order chi connectivity index (χ0) is 12.8. The highest BCUT2D eigenvalue weighted by atomic mass is 79.9. The van der Waals surface area contributed by atoms with Crippen LogP contribution in [0.1, 0.15) is 12.5 Å². The maximum Gasteiger partial charge on any atom is 0.175 e. The van der Waals surface area contributed by atoms with E-state index in [1.807, 2.05) is 19.1 Å². The van der Waals surface area contributed by atoms with Crippen molar-refractivity contribution in [1.29, 1.82) is 0 Å². The van der Waals surface area contributed by atoms with Crippen molar-refractivity contribution < 1.29 is 9.47 Å². The van der Waals surface area contributed by atoms with Gasteiger partial charge in [0.25, 0.3) is 0 Å². The van der Waals surface area contributed by atoms with Gasteiger partial charge in [0, 0.05) is 0 Å². The van der Waals surface area contributed by atoms with Gasteiger partial charge in [0.2, 0.25) is 0 Å². The first-order valence-electron chi connectivity index (χ1n) is 5.42. The van der Waals surface area contributed by atoms with Crippen LogP contribution < -0.4 is 15.2 Å². The van der Waals surface area contributed by atoms with Crippen LogP contribution in [0, 0.1) is 0 Å². The minimum absolute atomic E-state index is 0.477. The second-order valence-electron chi connectivity index (χ2n) is 3.89. The summed E-state index contributed by atoms with van der Waals surface area (Å²) in [5.74, 6) is 1.42. The molecule has 1 rings (SSSR count). The van der Waals surface area contributed by atoms with Gasteiger partial charge in [-0.2, -0.15) is 0 Å². The van der Waals surface area contributed by atoms with Crippen molar-refractivity contribution in [3.8, 4) is 11.5 Å². The lowest BCUT2D eigenvalue weighted by atomic mass is 10.1. The first kappa shape index (κ1) is 14.1. The Morgan fingerprint density at radius 3 is 2.71 bits per heavy atom. The van der Waals surface area contributed by atoms with Gasteiger partial charge in [0.15, 0.2) is 11.5 Å². The third-order valence-corrected chi connectivity index (χ3v) is 2.77. The van der Waals surface area contributed by atoms with Crippen LogP contribution in [0.15, 0.2) is 28.8 Å². The minimum atomic E-state index is 0.477. The van der Waals surface area contributed by atoms with E-state index in [0.717, 1.165) is 22.0 Å². The van der Waals surface area contributed by atoms with Gasteiger partial charge in [-0.15, -0.1) is 0 Å². The van der Waals surface area contributed by atoms with Gasteiger partial charge in [0.05, 0.1) is 11.6 Å². The molecule has 0 bridgehead atoms. The average Bonchev–Trinajstić information content (AvgIpc) is 2.27. The Balaban J connectivity index is 2.98. The number of rotatable bonds is 6. The largest absolute Gasteiger partial charge is 0.493 e. The van der Waals surface area contributed by atoms with Crippen molar-refractivity contribution >= 4 is 15.9 Å². The highest BCUT2D eigenvalue weighted by Crippen LogP contribution is 2.36. The number of hydrogen-bond acceptors (Lipinski definition) is 3. The topological polar surface area (TPSA) is 44.5 Å². The molecule has 0 aromatic heterocycles. The number of hydrogen-bond donors (Lipinski definition) is 1. The van der Waals surface area contributed by atoms with Crippen LogP contribution >= 0.6 is 15.9 Å². The highest BCUT2D eigenvalue weighted by Gasteiger charge is 2.11. The van der Waals surface area contributed by atoms with Crippen LogP contribution in [0.3, 0.4) is 0 Å². The number of benzene rings is 1. The van der Waals surface area contributed by atoms with Crippen LogP contribution in [-0.2, 0) is 6.42 Å². The van der Waals surface area contributed by atoms with Crippen LogP contribution in [0.5, 0.6) is 11.5 Å². The maximum absolute atomic E-state index is 5.65. The molecule has 1 aromatic carbocycles. The Kier molecular flexibility index (Phi) is 5.51. The summed E-state index contributed by atoms with van der Waals surface area (Å²) in [6, 6.07) is 3.95. The predicted molar refractivity (Wildman–Crippen MR) is 73.8 cm³/mol. The van der Waals surface area contributed by atoms with Gasteiger partial charge in [-0.05, 0) is 59.1 Å². The first-order valence-corrected chi connectivity index (χ1v) is 6.21. The molecule has 0 aliphatic rings. The van der Waals surface area contributed by atoms with Crippen molar-refractivity contribution in [1.82, 2.24) is 0 Å². The smallest absolute Gasteiger partial charge is 0.175 e. The molecule has 3 nitrogen and oxygen atoms in total. The molecule has 0 amide bonds. The zero-order valence-electron chi connectivity index (χ0n) is 10.3. The Bertz CT molecular complexity index is 405. The standard InChI is InChI=1S/C13H18BrNO2/c1-9(2)8-17-13-11(14)6-10(4-5-15)7-12(13)16-3/h6-7H,1,4-5,8,15H2,2-3H3. The summed E-state index contributed by atoms with van der Waals surface area (Å²) in [4.78, 5) is 0. The molecular weight excluding hydrogens is 282 g/mol. The van der Waals surface area contributed by atoms with Crippen molar-refractivity contribution in [2.24, 2.45) is 5.73 Å². The molecule has 0 radical (unpaired) electrons. The Morgan fingerprint density at radius 1 is 1.47 bits per heavy atom. The lowest BCUT2D eigenvalue weighted by Gasteiger charge is -2.14. The summed E-state index contributed by atoms with van der Waals surface area (Å²) in [6.07, 6.45) is 0.815. The minimum Gasteiger partial charge on any atom is -0.493 e. The van der Waals surface area contributed by atoms with E-state index in [1.54, 1.807) is 7.11 Å². The lowest BCUT2D eigenvalue weighted by molar-refractivity contribution is 0.317. The van der Waals surface area contributed by atoms with E-state index >= 15 is 0 Å². The van der Waals surface area contributed by atoms with Gasteiger partial charge in [-0.3, -0.25) is 0 Å². The Labute approximate surface area is 111 Å². The summed E-state index contributed by atoms with van der Waals surface area (Å²) in [6.45, 7) is 6.81. The van der Waals surface area contributed by atoms with Crippen LogP contribution in [0.2, 0.25) is 0 Å². The predicted octanol–water partition coefficient (Wildman–Crippen LogP) is 2.91. The van der Waals surface area contributed by atoms with E-state index in [1.165, 1.54) is 0 Å². The number of halogens is 1. The van der Waals surface area contributed by atoms with Gasteiger partial charge in [-0.25, -0.2) is 0 Å². The summed E-state index contributed by atoms with van der Waals surface area (Å²) in [7, 11) is 1.63. The van der Waals surface area contributed by atoms with Crippen molar-refractivity contribution in [3.63, 3.8) is 0 Å². The van der Waals surface area contributed by atoms with Gasteiger partial charge >= 0.3 is 0 Å². The molecule has 94 valence electrons. The van der Waals surface area contributed by atoms with E-state index in [0.29, 0.717) is 24.7 Å². The first-order chi connectivity index (χ1) is 8.08. The van der Waals surface area contributed by atoms with Crippen LogP contribution in [0.4, 0.5) is 0 Å². The molecule has 0 fully saturated rings. The fourth-order valence-corrected chi connectivity index (χ4v) is 2.02. The zero-order valence-corrected chi connectivity index (χ0v) is 11.8. The SMILES string of the molecule is C=C(C)COc1c(Br)cc(CCN)cc1OC. The molecule has 0 aliphatic heterocycles. The molecule has 0 atom stereocenters. The summed E-state index contributed by atoms with van der Waals surface area (Å²) < 4.78 is 11.8. The Hall–Kier alpha value is -1.00. The molecular formula is C13H18BrNO2. The molecule has 2 N–H and O–H groups in total. The van der Waals surface area contributed by atoms with Gasteiger partial charge in [0.1, 0.15) is 6.61 Å². The summed E-state index contributed by atoms with van der Waals surface area (Å²) in [5.41, 5.74) is 7.63. The molecule has 0 saturated carbocycles. The molecule has 0 aliphatic carbocycles. The van der Waals surface area contributed by atoms with E-state index in [4.69, 9.17) is 15.2 Å². The summed E-state index contributed by atoms with van der Waals surface area (Å²) >= 11 is 3.48.